The normalized spacial score (nSPS) is 10.2. The molecule has 0 amide bonds. The fourth-order valence-corrected chi connectivity index (χ4v) is 2.47. The zero-order chi connectivity index (χ0) is 12.4. The van der Waals surface area contributed by atoms with Crippen LogP contribution in [0.5, 0.6) is 0 Å². The van der Waals surface area contributed by atoms with Crippen molar-refractivity contribution in [3.63, 3.8) is 0 Å². The van der Waals surface area contributed by atoms with Crippen LogP contribution in [0.25, 0.3) is 10.4 Å². The number of aldehydes is 1. The van der Waals surface area contributed by atoms with E-state index in [1.807, 2.05) is 0 Å². The summed E-state index contributed by atoms with van der Waals surface area (Å²) in [4.78, 5) is 22.9. The summed E-state index contributed by atoms with van der Waals surface area (Å²) in [5, 5.41) is 9.28. The largest absolute Gasteiger partial charge is 0.478 e. The van der Waals surface area contributed by atoms with Crippen molar-refractivity contribution >= 4 is 35.2 Å². The van der Waals surface area contributed by atoms with E-state index in [0.717, 1.165) is 11.2 Å². The Morgan fingerprint density at radius 3 is 2.65 bits per heavy atom. The summed E-state index contributed by atoms with van der Waals surface area (Å²) < 4.78 is 0. The SMILES string of the molecule is O=Cc1ccc(-c2cc(Cl)cc(C(=O)O)c2)s1. The molecule has 0 saturated carbocycles. The Kier molecular flexibility index (Phi) is 3.26. The highest BCUT2D eigenvalue weighted by molar-refractivity contribution is 7.17. The maximum absolute atomic E-state index is 10.9. The molecule has 0 saturated heterocycles. The van der Waals surface area contributed by atoms with Crippen LogP contribution < -0.4 is 0 Å². The summed E-state index contributed by atoms with van der Waals surface area (Å²) in [6.45, 7) is 0. The van der Waals surface area contributed by atoms with Crippen molar-refractivity contribution in [2.24, 2.45) is 0 Å². The van der Waals surface area contributed by atoms with Crippen LogP contribution in [-0.4, -0.2) is 17.4 Å². The number of aromatic carboxylic acids is 1. The zero-order valence-electron chi connectivity index (χ0n) is 8.51. The van der Waals surface area contributed by atoms with Crippen molar-refractivity contribution in [2.75, 3.05) is 0 Å². The second kappa shape index (κ2) is 4.69. The molecule has 0 aliphatic heterocycles. The van der Waals surface area contributed by atoms with Gasteiger partial charge in [0, 0.05) is 9.90 Å². The lowest BCUT2D eigenvalue weighted by Gasteiger charge is -2.01. The number of halogens is 1. The number of hydrogen-bond acceptors (Lipinski definition) is 3. The highest BCUT2D eigenvalue weighted by Crippen LogP contribution is 2.30. The Bertz CT molecular complexity index is 589. The standard InChI is InChI=1S/C12H7ClO3S/c13-9-4-7(3-8(5-9)12(15)16)11-2-1-10(6-14)17-11/h1-6H,(H,15,16). The summed E-state index contributed by atoms with van der Waals surface area (Å²) in [7, 11) is 0. The van der Waals surface area contributed by atoms with Crippen molar-refractivity contribution in [1.82, 2.24) is 0 Å². The molecule has 1 aromatic carbocycles. The molecule has 2 rings (SSSR count). The Morgan fingerprint density at radius 1 is 1.29 bits per heavy atom. The number of carboxylic acid groups (broad SMARTS) is 1. The Labute approximate surface area is 106 Å². The number of thiophene rings is 1. The third-order valence-corrected chi connectivity index (χ3v) is 3.45. The van der Waals surface area contributed by atoms with Gasteiger partial charge in [0.25, 0.3) is 0 Å². The molecule has 0 aliphatic rings. The molecule has 86 valence electrons. The summed E-state index contributed by atoms with van der Waals surface area (Å²) in [6, 6.07) is 8.06. The van der Waals surface area contributed by atoms with Gasteiger partial charge >= 0.3 is 5.97 Å². The topological polar surface area (TPSA) is 54.4 Å². The quantitative estimate of drug-likeness (QED) is 0.864. The molecule has 3 nitrogen and oxygen atoms in total. The average molecular weight is 267 g/mol. The predicted octanol–water partition coefficient (Wildman–Crippen LogP) is 3.58. The number of rotatable bonds is 3. The van der Waals surface area contributed by atoms with Gasteiger partial charge in [-0.15, -0.1) is 11.3 Å². The molecule has 0 bridgehead atoms. The number of hydrogen-bond donors (Lipinski definition) is 1. The van der Waals surface area contributed by atoms with E-state index in [1.54, 1.807) is 18.2 Å². The van der Waals surface area contributed by atoms with Gasteiger partial charge in [-0.1, -0.05) is 11.6 Å². The van der Waals surface area contributed by atoms with Gasteiger partial charge in [-0.3, -0.25) is 4.79 Å². The first-order chi connectivity index (χ1) is 8.10. The minimum atomic E-state index is -1.03. The third-order valence-electron chi connectivity index (χ3n) is 2.17. The number of carbonyl (C=O) groups is 2. The van der Waals surface area contributed by atoms with E-state index >= 15 is 0 Å². The first-order valence-corrected chi connectivity index (χ1v) is 5.89. The van der Waals surface area contributed by atoms with Crippen molar-refractivity contribution in [2.45, 2.75) is 0 Å². The van der Waals surface area contributed by atoms with Crippen LogP contribution in [0.3, 0.4) is 0 Å². The van der Waals surface area contributed by atoms with Crippen LogP contribution in [-0.2, 0) is 0 Å². The molecule has 1 aromatic heterocycles. The van der Waals surface area contributed by atoms with Gasteiger partial charge < -0.3 is 5.11 Å². The Balaban J connectivity index is 2.51. The van der Waals surface area contributed by atoms with Gasteiger partial charge in [0.05, 0.1) is 10.4 Å². The van der Waals surface area contributed by atoms with Crippen LogP contribution >= 0.6 is 22.9 Å². The van der Waals surface area contributed by atoms with Gasteiger partial charge in [-0.25, -0.2) is 4.79 Å². The molecule has 1 heterocycles. The van der Waals surface area contributed by atoms with Crippen LogP contribution in [0.2, 0.25) is 5.02 Å². The Hall–Kier alpha value is -1.65. The van der Waals surface area contributed by atoms with Crippen molar-refractivity contribution in [3.05, 3.63) is 45.8 Å². The van der Waals surface area contributed by atoms with Crippen LogP contribution in [0, 0.1) is 0 Å². The highest BCUT2D eigenvalue weighted by atomic mass is 35.5. The van der Waals surface area contributed by atoms with Gasteiger partial charge in [0.1, 0.15) is 0 Å². The van der Waals surface area contributed by atoms with Crippen LogP contribution in [0.1, 0.15) is 20.0 Å². The van der Waals surface area contributed by atoms with E-state index in [1.165, 1.54) is 23.5 Å². The second-order valence-electron chi connectivity index (χ2n) is 3.35. The van der Waals surface area contributed by atoms with E-state index in [2.05, 4.69) is 0 Å². The Morgan fingerprint density at radius 2 is 2.06 bits per heavy atom. The van der Waals surface area contributed by atoms with Gasteiger partial charge in [0.15, 0.2) is 6.29 Å². The first kappa shape index (κ1) is 11.8. The molecule has 17 heavy (non-hydrogen) atoms. The molecule has 0 spiro atoms. The summed E-state index contributed by atoms with van der Waals surface area (Å²) in [5.41, 5.74) is 0.835. The smallest absolute Gasteiger partial charge is 0.335 e. The summed E-state index contributed by atoms with van der Waals surface area (Å²) in [5.74, 6) is -1.03. The fraction of sp³-hybridized carbons (Fsp3) is 0. The highest BCUT2D eigenvalue weighted by Gasteiger charge is 2.09. The third kappa shape index (κ3) is 2.54. The zero-order valence-corrected chi connectivity index (χ0v) is 10.1. The molecular weight excluding hydrogens is 260 g/mol. The fourth-order valence-electron chi connectivity index (χ4n) is 1.43. The van der Waals surface area contributed by atoms with Gasteiger partial charge in [-0.2, -0.15) is 0 Å². The van der Waals surface area contributed by atoms with E-state index in [0.29, 0.717) is 15.5 Å². The summed E-state index contributed by atoms with van der Waals surface area (Å²) in [6.07, 6.45) is 0.761. The lowest BCUT2D eigenvalue weighted by atomic mass is 10.1. The maximum atomic E-state index is 10.9. The molecule has 1 N–H and O–H groups in total. The lowest BCUT2D eigenvalue weighted by Crippen LogP contribution is -1.95. The lowest BCUT2D eigenvalue weighted by molar-refractivity contribution is 0.0696. The van der Waals surface area contributed by atoms with Crippen molar-refractivity contribution in [3.8, 4) is 10.4 Å². The average Bonchev–Trinajstić information content (AvgIpc) is 2.76. The molecule has 0 radical (unpaired) electrons. The van der Waals surface area contributed by atoms with E-state index in [4.69, 9.17) is 16.7 Å². The number of carbonyl (C=O) groups excluding carboxylic acids is 1. The van der Waals surface area contributed by atoms with Gasteiger partial charge in [0.2, 0.25) is 0 Å². The first-order valence-electron chi connectivity index (χ1n) is 4.69. The molecule has 0 fully saturated rings. The van der Waals surface area contributed by atoms with Crippen LogP contribution in [0.15, 0.2) is 30.3 Å². The molecule has 5 heteroatoms. The molecule has 0 unspecified atom stereocenters. The van der Waals surface area contributed by atoms with Crippen LogP contribution in [0.4, 0.5) is 0 Å². The van der Waals surface area contributed by atoms with Crippen molar-refractivity contribution in [1.29, 1.82) is 0 Å². The molecule has 0 aliphatic carbocycles. The molecule has 2 aromatic rings. The number of carboxylic acids is 1. The van der Waals surface area contributed by atoms with Crippen molar-refractivity contribution < 1.29 is 14.7 Å². The maximum Gasteiger partial charge on any atom is 0.335 e. The molecular formula is C12H7ClO3S. The predicted molar refractivity (Wildman–Crippen MR) is 67.1 cm³/mol. The number of benzene rings is 1. The molecule has 0 atom stereocenters. The summed E-state index contributed by atoms with van der Waals surface area (Å²) >= 11 is 7.15. The van der Waals surface area contributed by atoms with E-state index < -0.39 is 5.97 Å². The van der Waals surface area contributed by atoms with E-state index in [9.17, 15) is 9.59 Å². The minimum absolute atomic E-state index is 0.133. The minimum Gasteiger partial charge on any atom is -0.478 e. The van der Waals surface area contributed by atoms with Gasteiger partial charge in [-0.05, 0) is 35.9 Å². The van der Waals surface area contributed by atoms with E-state index in [-0.39, 0.29) is 5.56 Å². The monoisotopic (exact) mass is 266 g/mol. The second-order valence-corrected chi connectivity index (χ2v) is 4.91.